The summed E-state index contributed by atoms with van der Waals surface area (Å²) in [5, 5.41) is 0. The van der Waals surface area contributed by atoms with Crippen LogP contribution < -0.4 is 19.9 Å². The molecule has 6 nitrogen and oxygen atoms in total. The molecule has 3 aromatic rings. The van der Waals surface area contributed by atoms with Crippen molar-refractivity contribution in [1.82, 2.24) is 0 Å². The molecule has 0 aliphatic rings. The van der Waals surface area contributed by atoms with Gasteiger partial charge in [-0.1, -0.05) is 38.1 Å². The van der Waals surface area contributed by atoms with Gasteiger partial charge in [0.1, 0.15) is 5.75 Å². The van der Waals surface area contributed by atoms with Gasteiger partial charge in [-0.05, 0) is 60.3 Å². The molecule has 0 amide bonds. The van der Waals surface area contributed by atoms with E-state index in [9.17, 15) is 4.79 Å². The first-order chi connectivity index (χ1) is 17.4. The molecule has 3 aromatic carbocycles. The lowest BCUT2D eigenvalue weighted by molar-refractivity contribution is -0.113. The van der Waals surface area contributed by atoms with Gasteiger partial charge < -0.3 is 19.9 Å². The first kappa shape index (κ1) is 29.3. The Morgan fingerprint density at radius 1 is 0.972 bits per heavy atom. The summed E-state index contributed by atoms with van der Waals surface area (Å²) < 4.78 is 16.1. The van der Waals surface area contributed by atoms with Gasteiger partial charge in [-0.3, -0.25) is 9.79 Å². The highest BCUT2D eigenvalue weighted by Gasteiger charge is 2.13. The average molecular weight is 527 g/mol. The van der Waals surface area contributed by atoms with Crippen LogP contribution in [0.25, 0.3) is 0 Å². The van der Waals surface area contributed by atoms with E-state index in [4.69, 9.17) is 19.9 Å². The molecular weight excluding hydrogens is 492 g/mol. The molecule has 8 heteroatoms. The van der Waals surface area contributed by atoms with Crippen LogP contribution in [0.5, 0.6) is 17.2 Å². The Hall–Kier alpha value is -2.94. The number of thioether (sulfide) groups is 2. The third-order valence-corrected chi connectivity index (χ3v) is 6.80. The van der Waals surface area contributed by atoms with Crippen LogP contribution in [0.1, 0.15) is 37.0 Å². The number of carbonyl (C=O) groups excluding carboxylic acids is 1. The largest absolute Gasteiger partial charge is 0.493 e. The van der Waals surface area contributed by atoms with Gasteiger partial charge >= 0.3 is 0 Å². The van der Waals surface area contributed by atoms with Crippen LogP contribution in [0, 0.1) is 0 Å². The minimum Gasteiger partial charge on any atom is -0.493 e. The number of aliphatic imine (C=N–C) groups is 1. The summed E-state index contributed by atoms with van der Waals surface area (Å²) in [6.45, 7) is 7.80. The van der Waals surface area contributed by atoms with E-state index in [2.05, 4.69) is 25.6 Å². The third kappa shape index (κ3) is 8.33. The molecule has 0 saturated carbocycles. The second kappa shape index (κ2) is 15.2. The molecule has 0 bridgehead atoms. The maximum absolute atomic E-state index is 11.3. The molecule has 1 atom stereocenters. The van der Waals surface area contributed by atoms with Crippen LogP contribution in [-0.2, 0) is 4.79 Å². The van der Waals surface area contributed by atoms with Crippen molar-refractivity contribution in [3.63, 3.8) is 0 Å². The molecule has 0 aliphatic heterocycles. The van der Waals surface area contributed by atoms with Crippen LogP contribution in [0.3, 0.4) is 0 Å². The highest BCUT2D eigenvalue weighted by molar-refractivity contribution is 7.99. The average Bonchev–Trinajstić information content (AvgIpc) is 2.92. The topological polar surface area (TPSA) is 83.1 Å². The third-order valence-electron chi connectivity index (χ3n) is 5.25. The van der Waals surface area contributed by atoms with E-state index in [1.165, 1.54) is 22.2 Å². The van der Waals surface area contributed by atoms with Crippen LogP contribution in [0.15, 0.2) is 75.4 Å². The number of rotatable bonds is 11. The summed E-state index contributed by atoms with van der Waals surface area (Å²) >= 11 is 3.16. The number of ether oxygens (including phenoxy) is 3. The van der Waals surface area contributed by atoms with Crippen molar-refractivity contribution in [3.05, 3.63) is 71.8 Å². The number of aldehydes is 1. The molecule has 0 aliphatic carbocycles. The second-order valence-electron chi connectivity index (χ2n) is 7.82. The molecule has 2 N–H and O–H groups in total. The Labute approximate surface area is 222 Å². The summed E-state index contributed by atoms with van der Waals surface area (Å²) in [4.78, 5) is 17.3. The molecule has 36 heavy (non-hydrogen) atoms. The summed E-state index contributed by atoms with van der Waals surface area (Å²) in [6.07, 6.45) is 2.30. The van der Waals surface area contributed by atoms with Gasteiger partial charge in [-0.15, -0.1) is 23.5 Å². The van der Waals surface area contributed by atoms with E-state index in [-0.39, 0.29) is 0 Å². The van der Waals surface area contributed by atoms with Gasteiger partial charge in [0.05, 0.1) is 19.9 Å². The number of nitrogens with zero attached hydrogens (tertiary/aromatic N) is 1. The number of hydrogen-bond acceptors (Lipinski definition) is 8. The lowest BCUT2D eigenvalue weighted by Gasteiger charge is -2.15. The molecule has 0 radical (unpaired) electrons. The van der Waals surface area contributed by atoms with Crippen molar-refractivity contribution in [2.75, 3.05) is 26.4 Å². The zero-order chi connectivity index (χ0) is 26.5. The van der Waals surface area contributed by atoms with Crippen molar-refractivity contribution >= 4 is 42.2 Å². The predicted octanol–water partition coefficient (Wildman–Crippen LogP) is 6.90. The molecule has 192 valence electrons. The summed E-state index contributed by atoms with van der Waals surface area (Å²) in [7, 11) is 3.18. The fourth-order valence-corrected chi connectivity index (χ4v) is 4.27. The zero-order valence-corrected chi connectivity index (χ0v) is 23.0. The van der Waals surface area contributed by atoms with Crippen LogP contribution in [-0.4, -0.2) is 39.4 Å². The van der Waals surface area contributed by atoms with Crippen molar-refractivity contribution in [2.24, 2.45) is 10.7 Å². The number of nitrogens with two attached hydrogens (primary N) is 1. The lowest BCUT2D eigenvalue weighted by Crippen LogP contribution is -2.08. The van der Waals surface area contributed by atoms with Crippen LogP contribution in [0.4, 0.5) is 5.69 Å². The maximum atomic E-state index is 11.3. The Balaban J connectivity index is 0.000000269. The Morgan fingerprint density at radius 3 is 2.03 bits per heavy atom. The Morgan fingerprint density at radius 2 is 1.56 bits per heavy atom. The SMILES string of the molecule is C=Nc1cc(OC)c(OC)cc1SCN.CSc1ccc(C(C=O)Oc2ccc(C(C)C)cc2)cc1. The predicted molar refractivity (Wildman–Crippen MR) is 152 cm³/mol. The van der Waals surface area contributed by atoms with Gasteiger partial charge in [0, 0.05) is 21.7 Å². The number of hydrogen-bond donors (Lipinski definition) is 1. The standard InChI is InChI=1S/C18H20O2S.C10H14N2O2S/c1-13(2)14-4-8-16(9-5-14)20-18(12-19)15-6-10-17(21-3)11-7-15;1-12-7-4-8(13-2)9(14-3)5-10(7)15-6-11/h4-13,18H,1-3H3;4-5H,1,6,11H2,2-3H3. The fourth-order valence-electron chi connectivity index (χ4n) is 3.22. The lowest BCUT2D eigenvalue weighted by atomic mass is 10.0. The molecule has 0 aromatic heterocycles. The number of carbonyl (C=O) groups is 1. The summed E-state index contributed by atoms with van der Waals surface area (Å²) in [5.74, 6) is 2.99. The van der Waals surface area contributed by atoms with Crippen molar-refractivity contribution in [1.29, 1.82) is 0 Å². The van der Waals surface area contributed by atoms with Gasteiger partial charge in [0.2, 0.25) is 0 Å². The normalized spacial score (nSPS) is 11.2. The molecule has 0 heterocycles. The van der Waals surface area contributed by atoms with Crippen molar-refractivity contribution in [3.8, 4) is 17.2 Å². The molecular formula is C28H34N2O4S2. The van der Waals surface area contributed by atoms with E-state index < -0.39 is 6.10 Å². The van der Waals surface area contributed by atoms with Crippen molar-refractivity contribution < 1.29 is 19.0 Å². The monoisotopic (exact) mass is 526 g/mol. The van der Waals surface area contributed by atoms with E-state index in [0.717, 1.165) is 22.4 Å². The molecule has 0 fully saturated rings. The molecule has 1 unspecified atom stereocenters. The van der Waals surface area contributed by atoms with Crippen molar-refractivity contribution in [2.45, 2.75) is 35.7 Å². The fraction of sp³-hybridized carbons (Fsp3) is 0.286. The first-order valence-electron chi connectivity index (χ1n) is 11.3. The minimum absolute atomic E-state index is 0.484. The first-order valence-corrected chi connectivity index (χ1v) is 13.5. The highest BCUT2D eigenvalue weighted by atomic mass is 32.2. The molecule has 0 saturated heterocycles. The summed E-state index contributed by atoms with van der Waals surface area (Å²) in [5.41, 5.74) is 8.36. The summed E-state index contributed by atoms with van der Waals surface area (Å²) in [6, 6.07) is 19.4. The highest BCUT2D eigenvalue weighted by Crippen LogP contribution is 2.39. The Kier molecular flexibility index (Phi) is 12.4. The molecule has 0 spiro atoms. The van der Waals surface area contributed by atoms with Gasteiger partial charge in [0.25, 0.3) is 0 Å². The molecule has 3 rings (SSSR count). The van der Waals surface area contributed by atoms with E-state index in [1.54, 1.807) is 32.0 Å². The quantitative estimate of drug-likeness (QED) is 0.126. The van der Waals surface area contributed by atoms with Gasteiger partial charge in [-0.25, -0.2) is 0 Å². The smallest absolute Gasteiger partial charge is 0.179 e. The second-order valence-corrected chi connectivity index (χ2v) is 9.76. The zero-order valence-electron chi connectivity index (χ0n) is 21.4. The minimum atomic E-state index is -0.564. The maximum Gasteiger partial charge on any atom is 0.179 e. The van der Waals surface area contributed by atoms with E-state index in [1.807, 2.05) is 60.9 Å². The van der Waals surface area contributed by atoms with E-state index in [0.29, 0.717) is 29.0 Å². The van der Waals surface area contributed by atoms with Crippen LogP contribution >= 0.6 is 23.5 Å². The number of benzene rings is 3. The van der Waals surface area contributed by atoms with Gasteiger partial charge in [0.15, 0.2) is 23.9 Å². The van der Waals surface area contributed by atoms with Gasteiger partial charge in [-0.2, -0.15) is 0 Å². The van der Waals surface area contributed by atoms with E-state index >= 15 is 0 Å². The number of methoxy groups -OCH3 is 2. The van der Waals surface area contributed by atoms with Crippen LogP contribution in [0.2, 0.25) is 0 Å². The Bertz CT molecular complexity index is 1100.